The van der Waals surface area contributed by atoms with Crippen LogP contribution in [0.5, 0.6) is 0 Å². The van der Waals surface area contributed by atoms with Gasteiger partial charge in [-0.2, -0.15) is 0 Å². The summed E-state index contributed by atoms with van der Waals surface area (Å²) < 4.78 is 11.8. The Morgan fingerprint density at radius 1 is 0.923 bits per heavy atom. The molecule has 156 valence electrons. The van der Waals surface area contributed by atoms with Gasteiger partial charge in [-0.15, -0.1) is 0 Å². The molecular formula is C23H46O3. The van der Waals surface area contributed by atoms with Crippen LogP contribution in [0, 0.1) is 11.8 Å². The zero-order chi connectivity index (χ0) is 19.4. The first-order valence-corrected chi connectivity index (χ1v) is 11.4. The molecule has 1 rings (SSSR count). The molecule has 0 aromatic carbocycles. The SMILES string of the molecule is CCCCCCCCCCCCC[C@H](O)[C@H](C)[C@H]1OC(C)(C)OC[C@@H]1C. The molecule has 0 unspecified atom stereocenters. The standard InChI is InChI=1S/C23H46O3/c1-6-7-8-9-10-11-12-13-14-15-16-17-21(24)20(3)22-19(2)18-25-23(4,5)26-22/h19-22,24H,6-18H2,1-5H3/t19-,20-,21-,22-/m0/s1. The Morgan fingerprint density at radius 2 is 1.42 bits per heavy atom. The van der Waals surface area contributed by atoms with E-state index >= 15 is 0 Å². The summed E-state index contributed by atoms with van der Waals surface area (Å²) in [6.07, 6.45) is 15.5. The second-order valence-electron chi connectivity index (χ2n) is 9.02. The summed E-state index contributed by atoms with van der Waals surface area (Å²) in [4.78, 5) is 0. The summed E-state index contributed by atoms with van der Waals surface area (Å²) in [5.74, 6) is -0.0249. The predicted molar refractivity (Wildman–Crippen MR) is 110 cm³/mol. The van der Waals surface area contributed by atoms with Crippen LogP contribution in [0.2, 0.25) is 0 Å². The molecule has 1 N–H and O–H groups in total. The van der Waals surface area contributed by atoms with E-state index in [-0.39, 0.29) is 18.1 Å². The van der Waals surface area contributed by atoms with E-state index < -0.39 is 5.79 Å². The fourth-order valence-electron chi connectivity index (χ4n) is 4.03. The van der Waals surface area contributed by atoms with E-state index in [0.29, 0.717) is 12.5 Å². The lowest BCUT2D eigenvalue weighted by atomic mass is 9.86. The molecule has 26 heavy (non-hydrogen) atoms. The molecule has 3 nitrogen and oxygen atoms in total. The van der Waals surface area contributed by atoms with Gasteiger partial charge in [0.1, 0.15) is 0 Å². The third kappa shape index (κ3) is 9.71. The van der Waals surface area contributed by atoms with Crippen LogP contribution in [0.3, 0.4) is 0 Å². The first kappa shape index (κ1) is 23.9. The van der Waals surface area contributed by atoms with E-state index in [1.165, 1.54) is 64.2 Å². The van der Waals surface area contributed by atoms with Gasteiger partial charge < -0.3 is 14.6 Å². The monoisotopic (exact) mass is 370 g/mol. The highest BCUT2D eigenvalue weighted by molar-refractivity contribution is 4.82. The summed E-state index contributed by atoms with van der Waals surface area (Å²) in [5, 5.41) is 10.6. The highest BCUT2D eigenvalue weighted by Gasteiger charge is 2.39. The average molecular weight is 371 g/mol. The minimum absolute atomic E-state index is 0.0847. The quantitative estimate of drug-likeness (QED) is 0.356. The lowest BCUT2D eigenvalue weighted by Crippen LogP contribution is -2.49. The van der Waals surface area contributed by atoms with Crippen molar-refractivity contribution in [3.8, 4) is 0 Å². The van der Waals surface area contributed by atoms with Gasteiger partial charge in [0.2, 0.25) is 0 Å². The summed E-state index contributed by atoms with van der Waals surface area (Å²) >= 11 is 0. The predicted octanol–water partition coefficient (Wildman–Crippen LogP) is 6.47. The lowest BCUT2D eigenvalue weighted by molar-refractivity contribution is -0.303. The van der Waals surface area contributed by atoms with Crippen molar-refractivity contribution in [2.24, 2.45) is 11.8 Å². The summed E-state index contributed by atoms with van der Waals surface area (Å²) in [5.41, 5.74) is 0. The van der Waals surface area contributed by atoms with Gasteiger partial charge in [-0.3, -0.25) is 0 Å². The summed E-state index contributed by atoms with van der Waals surface area (Å²) in [7, 11) is 0. The van der Waals surface area contributed by atoms with Crippen molar-refractivity contribution >= 4 is 0 Å². The number of unbranched alkanes of at least 4 members (excludes halogenated alkanes) is 10. The first-order valence-electron chi connectivity index (χ1n) is 11.4. The van der Waals surface area contributed by atoms with E-state index in [1.54, 1.807) is 0 Å². The highest BCUT2D eigenvalue weighted by atomic mass is 16.7. The van der Waals surface area contributed by atoms with Crippen LogP contribution in [-0.4, -0.2) is 29.7 Å². The molecule has 0 aliphatic carbocycles. The lowest BCUT2D eigenvalue weighted by Gasteiger charge is -2.43. The van der Waals surface area contributed by atoms with Crippen molar-refractivity contribution in [2.75, 3.05) is 6.61 Å². The average Bonchev–Trinajstić information content (AvgIpc) is 2.61. The number of aliphatic hydroxyl groups excluding tert-OH is 1. The molecule has 0 saturated carbocycles. The molecule has 0 aromatic heterocycles. The van der Waals surface area contributed by atoms with Crippen LogP contribution in [0.1, 0.15) is 112 Å². The maximum atomic E-state index is 10.6. The summed E-state index contributed by atoms with van der Waals surface area (Å²) in [6, 6.07) is 0. The Balaban J connectivity index is 2.06. The maximum Gasteiger partial charge on any atom is 0.163 e. The van der Waals surface area contributed by atoms with Crippen LogP contribution in [-0.2, 0) is 9.47 Å². The molecule has 0 spiro atoms. The van der Waals surface area contributed by atoms with Crippen molar-refractivity contribution in [1.29, 1.82) is 0 Å². The fraction of sp³-hybridized carbons (Fsp3) is 1.00. The Kier molecular flexibility index (Phi) is 12.1. The molecule has 1 aliphatic rings. The minimum atomic E-state index is -0.526. The van der Waals surface area contributed by atoms with E-state index in [2.05, 4.69) is 20.8 Å². The molecule has 1 saturated heterocycles. The molecule has 0 radical (unpaired) electrons. The number of hydrogen-bond donors (Lipinski definition) is 1. The van der Waals surface area contributed by atoms with Crippen molar-refractivity contribution < 1.29 is 14.6 Å². The Hall–Kier alpha value is -0.120. The van der Waals surface area contributed by atoms with E-state index in [1.807, 2.05) is 13.8 Å². The van der Waals surface area contributed by atoms with Crippen LogP contribution in [0.15, 0.2) is 0 Å². The van der Waals surface area contributed by atoms with E-state index in [0.717, 1.165) is 12.8 Å². The minimum Gasteiger partial charge on any atom is -0.393 e. The van der Waals surface area contributed by atoms with Crippen LogP contribution < -0.4 is 0 Å². The second-order valence-corrected chi connectivity index (χ2v) is 9.02. The Labute approximate surface area is 163 Å². The summed E-state index contributed by atoms with van der Waals surface area (Å²) in [6.45, 7) is 11.2. The largest absolute Gasteiger partial charge is 0.393 e. The first-order chi connectivity index (χ1) is 12.4. The molecule has 3 heteroatoms. The smallest absolute Gasteiger partial charge is 0.163 e. The molecule has 4 atom stereocenters. The Morgan fingerprint density at radius 3 is 1.96 bits per heavy atom. The highest BCUT2D eigenvalue weighted by Crippen LogP contribution is 2.32. The molecular weight excluding hydrogens is 324 g/mol. The molecule has 0 amide bonds. The topological polar surface area (TPSA) is 38.7 Å². The number of ether oxygens (including phenoxy) is 2. The van der Waals surface area contributed by atoms with Crippen LogP contribution in [0.25, 0.3) is 0 Å². The zero-order valence-electron chi connectivity index (χ0n) is 18.3. The number of hydrogen-bond acceptors (Lipinski definition) is 3. The third-order valence-corrected chi connectivity index (χ3v) is 5.90. The molecule has 0 bridgehead atoms. The van der Waals surface area contributed by atoms with Crippen molar-refractivity contribution in [1.82, 2.24) is 0 Å². The molecule has 0 aromatic rings. The van der Waals surface area contributed by atoms with Crippen molar-refractivity contribution in [3.05, 3.63) is 0 Å². The van der Waals surface area contributed by atoms with Crippen molar-refractivity contribution in [2.45, 2.75) is 130 Å². The molecule has 1 heterocycles. The second kappa shape index (κ2) is 13.1. The maximum absolute atomic E-state index is 10.6. The third-order valence-electron chi connectivity index (χ3n) is 5.90. The fourth-order valence-corrected chi connectivity index (χ4v) is 4.03. The van der Waals surface area contributed by atoms with Gasteiger partial charge in [-0.25, -0.2) is 0 Å². The van der Waals surface area contributed by atoms with Gasteiger partial charge in [0.15, 0.2) is 5.79 Å². The van der Waals surface area contributed by atoms with Crippen LogP contribution >= 0.6 is 0 Å². The van der Waals surface area contributed by atoms with E-state index in [9.17, 15) is 5.11 Å². The van der Waals surface area contributed by atoms with Crippen molar-refractivity contribution in [3.63, 3.8) is 0 Å². The normalized spacial score (nSPS) is 25.2. The van der Waals surface area contributed by atoms with Gasteiger partial charge in [0.25, 0.3) is 0 Å². The van der Waals surface area contributed by atoms with Gasteiger partial charge >= 0.3 is 0 Å². The molecule has 1 aliphatic heterocycles. The van der Waals surface area contributed by atoms with Gasteiger partial charge in [0, 0.05) is 11.8 Å². The van der Waals surface area contributed by atoms with Crippen LogP contribution in [0.4, 0.5) is 0 Å². The van der Waals surface area contributed by atoms with Gasteiger partial charge in [-0.05, 0) is 20.3 Å². The molecule has 1 fully saturated rings. The number of rotatable bonds is 14. The van der Waals surface area contributed by atoms with Gasteiger partial charge in [-0.1, -0.05) is 91.4 Å². The van der Waals surface area contributed by atoms with Gasteiger partial charge in [0.05, 0.1) is 18.8 Å². The van der Waals surface area contributed by atoms with E-state index in [4.69, 9.17) is 9.47 Å². The Bertz CT molecular complexity index is 342. The number of aliphatic hydroxyl groups is 1. The zero-order valence-corrected chi connectivity index (χ0v) is 18.3.